The summed E-state index contributed by atoms with van der Waals surface area (Å²) in [6.07, 6.45) is 5.06. The second-order valence-corrected chi connectivity index (χ2v) is 12.7. The van der Waals surface area contributed by atoms with E-state index in [1.807, 2.05) is 26.8 Å². The molecule has 4 saturated heterocycles. The van der Waals surface area contributed by atoms with Crippen molar-refractivity contribution in [2.75, 3.05) is 13.2 Å². The molecule has 3 N–H and O–H groups in total. The van der Waals surface area contributed by atoms with Gasteiger partial charge < -0.3 is 34.6 Å². The summed E-state index contributed by atoms with van der Waals surface area (Å²) < 4.78 is 18.1. The van der Waals surface area contributed by atoms with Crippen molar-refractivity contribution in [3.8, 4) is 0 Å². The highest BCUT2D eigenvalue weighted by Gasteiger charge is 2.59. The second-order valence-electron chi connectivity index (χ2n) is 12.7. The summed E-state index contributed by atoms with van der Waals surface area (Å²) in [5.41, 5.74) is 1.45. The molecule has 12 nitrogen and oxygen atoms in total. The van der Waals surface area contributed by atoms with Gasteiger partial charge in [0.15, 0.2) is 0 Å². The van der Waals surface area contributed by atoms with Gasteiger partial charge in [-0.1, -0.05) is 24.6 Å². The number of hydroxylamine groups is 2. The summed E-state index contributed by atoms with van der Waals surface area (Å²) in [6.45, 7) is 10.3. The summed E-state index contributed by atoms with van der Waals surface area (Å²) >= 11 is 0. The fraction of sp³-hybridized carbons (Fsp3) is 0.688. The van der Waals surface area contributed by atoms with E-state index in [-0.39, 0.29) is 43.4 Å². The first-order valence-corrected chi connectivity index (χ1v) is 15.4. The Bertz CT molecular complexity index is 1170. The standard InChI is InChI=1S/C32H46N2O10/c1-18(6-7-26-19(2)11-25(22(5)42-26)33-15-23(16-35)12-21(4)36)10-20(3)30-31(40)32(17-41-32)14-24(43-30)13-29(39)44-34-27(37)8-9-28(34)38/h6,10,12,16,19,21-22,24-26,30-31,33,36,40H,7-9,11,13-15,17H2,1-5H3/b18-6+,20-10-,23-12+/t19-,21-,22+,24+,25+,26-,30+,31+,32+/m0/s1. The van der Waals surface area contributed by atoms with Crippen LogP contribution < -0.4 is 5.32 Å². The van der Waals surface area contributed by atoms with Gasteiger partial charge >= 0.3 is 5.97 Å². The smallest absolute Gasteiger partial charge is 0.335 e. The number of carbonyl (C=O) groups excluding carboxylic acids is 4. The van der Waals surface area contributed by atoms with Gasteiger partial charge in [0.25, 0.3) is 11.8 Å². The number of hydrogen-bond donors (Lipinski definition) is 3. The molecule has 2 amide bonds. The maximum atomic E-state index is 12.5. The van der Waals surface area contributed by atoms with E-state index < -0.39 is 47.8 Å². The van der Waals surface area contributed by atoms with Crippen molar-refractivity contribution in [2.24, 2.45) is 5.92 Å². The lowest BCUT2D eigenvalue weighted by atomic mass is 9.85. The molecule has 0 unspecified atom stereocenters. The molecule has 0 radical (unpaired) electrons. The topological polar surface area (TPSA) is 164 Å². The van der Waals surface area contributed by atoms with Crippen molar-refractivity contribution in [3.63, 3.8) is 0 Å². The fourth-order valence-electron chi connectivity index (χ4n) is 6.24. The Balaban J connectivity index is 1.32. The third kappa shape index (κ3) is 8.49. The van der Waals surface area contributed by atoms with Crippen LogP contribution in [0.2, 0.25) is 0 Å². The molecule has 0 saturated carbocycles. The van der Waals surface area contributed by atoms with Gasteiger partial charge in [-0.25, -0.2) is 4.79 Å². The van der Waals surface area contributed by atoms with Crippen LogP contribution in [0.5, 0.6) is 0 Å². The number of nitrogens with one attached hydrogen (secondary N) is 1. The highest BCUT2D eigenvalue weighted by molar-refractivity contribution is 6.01. The highest BCUT2D eigenvalue weighted by atomic mass is 16.7. The van der Waals surface area contributed by atoms with Crippen LogP contribution in [0.15, 0.2) is 34.9 Å². The Kier molecular flexibility index (Phi) is 11.3. The molecule has 4 heterocycles. The average Bonchev–Trinajstić information content (AvgIpc) is 3.67. The molecule has 244 valence electrons. The van der Waals surface area contributed by atoms with Crippen molar-refractivity contribution in [2.45, 2.75) is 121 Å². The van der Waals surface area contributed by atoms with Crippen molar-refractivity contribution >= 4 is 24.1 Å². The summed E-state index contributed by atoms with van der Waals surface area (Å²) in [5.74, 6) is -1.58. The van der Waals surface area contributed by atoms with E-state index in [2.05, 4.69) is 18.3 Å². The number of hydrogen-bond acceptors (Lipinski definition) is 11. The van der Waals surface area contributed by atoms with E-state index in [4.69, 9.17) is 19.0 Å². The number of aliphatic hydroxyl groups excluding tert-OH is 2. The zero-order valence-corrected chi connectivity index (χ0v) is 26.2. The maximum Gasteiger partial charge on any atom is 0.335 e. The summed E-state index contributed by atoms with van der Waals surface area (Å²) in [4.78, 5) is 52.5. The predicted octanol–water partition coefficient (Wildman–Crippen LogP) is 1.83. The number of aldehydes is 1. The van der Waals surface area contributed by atoms with E-state index in [1.54, 1.807) is 6.92 Å². The van der Waals surface area contributed by atoms with Crippen LogP contribution >= 0.6 is 0 Å². The van der Waals surface area contributed by atoms with E-state index in [1.165, 1.54) is 6.08 Å². The fourth-order valence-corrected chi connectivity index (χ4v) is 6.24. The summed E-state index contributed by atoms with van der Waals surface area (Å²) in [7, 11) is 0. The molecule has 0 aliphatic carbocycles. The van der Waals surface area contributed by atoms with Gasteiger partial charge in [-0.2, -0.15) is 0 Å². The minimum atomic E-state index is -0.914. The van der Waals surface area contributed by atoms with E-state index in [9.17, 15) is 29.4 Å². The lowest BCUT2D eigenvalue weighted by Crippen LogP contribution is -2.51. The number of aliphatic hydroxyl groups is 2. The molecule has 0 bridgehead atoms. The number of nitrogens with zero attached hydrogens (tertiary/aromatic N) is 1. The average molecular weight is 619 g/mol. The van der Waals surface area contributed by atoms with Crippen molar-refractivity contribution in [3.05, 3.63) is 34.9 Å². The molecule has 0 aromatic carbocycles. The van der Waals surface area contributed by atoms with Crippen LogP contribution in [0.1, 0.15) is 73.1 Å². The lowest BCUT2D eigenvalue weighted by molar-refractivity contribution is -0.202. The lowest BCUT2D eigenvalue weighted by Gasteiger charge is -2.39. The van der Waals surface area contributed by atoms with Crippen LogP contribution in [0.4, 0.5) is 0 Å². The number of ether oxygens (including phenoxy) is 3. The number of imide groups is 1. The molecular formula is C32H46N2O10. The molecule has 44 heavy (non-hydrogen) atoms. The van der Waals surface area contributed by atoms with Crippen LogP contribution in [0.3, 0.4) is 0 Å². The molecule has 0 aromatic heterocycles. The zero-order chi connectivity index (χ0) is 32.2. The second kappa shape index (κ2) is 14.6. The third-order valence-electron chi connectivity index (χ3n) is 8.81. The third-order valence-corrected chi connectivity index (χ3v) is 8.81. The molecule has 1 spiro atoms. The summed E-state index contributed by atoms with van der Waals surface area (Å²) in [6, 6.07) is 0.0780. The molecule has 4 aliphatic heterocycles. The number of amides is 2. The number of rotatable bonds is 12. The van der Waals surface area contributed by atoms with Crippen molar-refractivity contribution in [1.82, 2.24) is 10.4 Å². The first-order chi connectivity index (χ1) is 20.8. The molecule has 0 aromatic rings. The minimum Gasteiger partial charge on any atom is -0.389 e. The molecule has 4 fully saturated rings. The van der Waals surface area contributed by atoms with Gasteiger partial charge in [0.05, 0.1) is 37.4 Å². The van der Waals surface area contributed by atoms with E-state index in [0.717, 1.165) is 23.9 Å². The van der Waals surface area contributed by atoms with E-state index >= 15 is 0 Å². The molecule has 4 rings (SSSR count). The summed E-state index contributed by atoms with van der Waals surface area (Å²) in [5, 5.41) is 24.5. The van der Waals surface area contributed by atoms with Crippen LogP contribution in [0, 0.1) is 5.92 Å². The number of epoxide rings is 1. The molecule has 9 atom stereocenters. The zero-order valence-electron chi connectivity index (χ0n) is 26.2. The first-order valence-electron chi connectivity index (χ1n) is 15.4. The Morgan fingerprint density at radius 2 is 1.89 bits per heavy atom. The highest BCUT2D eigenvalue weighted by Crippen LogP contribution is 2.44. The molecular weight excluding hydrogens is 572 g/mol. The number of carbonyl (C=O) groups is 4. The first kappa shape index (κ1) is 34.1. The van der Waals surface area contributed by atoms with Gasteiger partial charge in [-0.15, -0.1) is 5.06 Å². The van der Waals surface area contributed by atoms with Gasteiger partial charge in [-0.3, -0.25) is 14.4 Å². The van der Waals surface area contributed by atoms with Gasteiger partial charge in [-0.05, 0) is 58.1 Å². The normalized spacial score (nSPS) is 35.7. The van der Waals surface area contributed by atoms with Crippen molar-refractivity contribution in [1.29, 1.82) is 0 Å². The van der Waals surface area contributed by atoms with Gasteiger partial charge in [0.2, 0.25) is 0 Å². The Hall–Kier alpha value is -2.74. The maximum absolute atomic E-state index is 12.5. The quantitative estimate of drug-likeness (QED) is 0.0961. The predicted molar refractivity (Wildman–Crippen MR) is 158 cm³/mol. The Labute approximate surface area is 258 Å². The number of allylic oxidation sites excluding steroid dienone is 2. The molecule has 4 aliphatic rings. The van der Waals surface area contributed by atoms with E-state index in [0.29, 0.717) is 36.6 Å². The van der Waals surface area contributed by atoms with Gasteiger partial charge in [0, 0.05) is 37.4 Å². The SMILES string of the molecule is C/C(=C/C(C)=C/C[C@@H]1O[C@H](C)[C@H](NC/C(C=O)=C\[C@H](C)O)C[C@@H]1C)[C@H]1O[C@H](CC(=O)ON2C(=O)CCC2=O)C[C@@]2(CO2)[C@@H]1O. The largest absolute Gasteiger partial charge is 0.389 e. The minimum absolute atomic E-state index is 0.00895. The van der Waals surface area contributed by atoms with Crippen LogP contribution in [-0.4, -0.2) is 101 Å². The van der Waals surface area contributed by atoms with Crippen LogP contribution in [-0.2, 0) is 38.2 Å². The van der Waals surface area contributed by atoms with Crippen LogP contribution in [0.25, 0.3) is 0 Å². The Morgan fingerprint density at radius 1 is 1.20 bits per heavy atom. The Morgan fingerprint density at radius 3 is 2.50 bits per heavy atom. The van der Waals surface area contributed by atoms with Crippen molar-refractivity contribution < 1.29 is 48.4 Å². The molecule has 12 heteroatoms. The van der Waals surface area contributed by atoms with Gasteiger partial charge in [0.1, 0.15) is 24.1 Å². The monoisotopic (exact) mass is 618 g/mol.